The van der Waals surface area contributed by atoms with Gasteiger partial charge in [0.05, 0.1) is 5.02 Å². The highest BCUT2D eigenvalue weighted by Crippen LogP contribution is 2.35. The Morgan fingerprint density at radius 1 is 1.26 bits per heavy atom. The van der Waals surface area contributed by atoms with Gasteiger partial charge in [0.25, 0.3) is 5.56 Å². The number of carbonyl (C=O) groups excluding carboxylic acids is 1. The Kier molecular flexibility index (Phi) is 7.67. The number of aliphatic hydroxyl groups is 1. The van der Waals surface area contributed by atoms with Gasteiger partial charge in [0.2, 0.25) is 0 Å². The molecule has 4 nitrogen and oxygen atoms in total. The number of aromatic nitrogens is 1. The Morgan fingerprint density at radius 3 is 2.61 bits per heavy atom. The molecule has 1 aromatic carbocycles. The summed E-state index contributed by atoms with van der Waals surface area (Å²) in [5.41, 5.74) is -1.10. The molecule has 0 radical (unpaired) electrons. The zero-order valence-electron chi connectivity index (χ0n) is 16.5. The molecule has 1 fully saturated rings. The van der Waals surface area contributed by atoms with Crippen molar-refractivity contribution in [3.05, 3.63) is 68.6 Å². The number of halogens is 4. The van der Waals surface area contributed by atoms with Crippen molar-refractivity contribution in [2.45, 2.75) is 36.8 Å². The number of carbonyl (C=O) groups is 1. The molecule has 0 unspecified atom stereocenters. The molecule has 1 saturated carbocycles. The van der Waals surface area contributed by atoms with Crippen molar-refractivity contribution in [3.8, 4) is 0 Å². The van der Waals surface area contributed by atoms with Gasteiger partial charge in [-0.2, -0.15) is 13.2 Å². The molecule has 3 rings (SSSR count). The predicted molar refractivity (Wildman–Crippen MR) is 115 cm³/mol. The summed E-state index contributed by atoms with van der Waals surface area (Å²) in [5.74, 6) is 0.759. The number of aliphatic hydroxyl groups excluding tert-OH is 1. The van der Waals surface area contributed by atoms with Crippen LogP contribution in [0, 0.1) is 5.92 Å². The van der Waals surface area contributed by atoms with Crippen LogP contribution in [0.15, 0.2) is 46.1 Å². The number of H-pyrrole nitrogens is 1. The Hall–Kier alpha value is -2.03. The summed E-state index contributed by atoms with van der Waals surface area (Å²) in [6.45, 7) is 0.0803. The average molecular weight is 472 g/mol. The molecular weight excluding hydrogens is 451 g/mol. The van der Waals surface area contributed by atoms with Gasteiger partial charge in [-0.15, -0.1) is 11.8 Å². The molecule has 2 aromatic rings. The fourth-order valence-electron chi connectivity index (χ4n) is 3.45. The molecule has 0 bridgehead atoms. The minimum atomic E-state index is -4.75. The number of pyridine rings is 1. The maximum Gasteiger partial charge on any atom is 0.421 e. The third-order valence-corrected chi connectivity index (χ3v) is 6.58. The number of alkyl halides is 3. The highest BCUT2D eigenvalue weighted by atomic mass is 35.5. The molecule has 0 amide bonds. The second-order valence-corrected chi connectivity index (χ2v) is 8.85. The van der Waals surface area contributed by atoms with Gasteiger partial charge < -0.3 is 10.1 Å². The molecule has 1 aliphatic carbocycles. The van der Waals surface area contributed by atoms with Crippen LogP contribution in [0.5, 0.6) is 0 Å². The van der Waals surface area contributed by atoms with E-state index in [9.17, 15) is 22.8 Å². The van der Waals surface area contributed by atoms with Crippen LogP contribution in [0.3, 0.4) is 0 Å². The van der Waals surface area contributed by atoms with Crippen molar-refractivity contribution < 1.29 is 23.1 Å². The van der Waals surface area contributed by atoms with E-state index in [2.05, 4.69) is 4.98 Å². The molecule has 1 heterocycles. The van der Waals surface area contributed by atoms with Crippen molar-refractivity contribution in [1.82, 2.24) is 4.98 Å². The number of nitrogens with one attached hydrogen (secondary N) is 1. The molecule has 1 aliphatic rings. The maximum atomic E-state index is 13.0. The summed E-state index contributed by atoms with van der Waals surface area (Å²) in [6, 6.07) is 7.27. The lowest BCUT2D eigenvalue weighted by Crippen LogP contribution is -2.22. The number of hydrogen-bond donors (Lipinski definition) is 2. The standard InChI is InChI=1S/C22H21ClF3NO3S/c23-18-12-14(3-7-20(18)31-9-1-8-28)16(11-13-2-4-15(29)10-13)19-6-5-17(21(30)27-19)22(24,25)26/h3,5-7,11-13,28H,1-2,4,8-10H2,(H,27,30)/b16-11+/t13-/m0/s1. The molecule has 1 atom stereocenters. The number of allylic oxidation sites excluding steroid dienone is 1. The van der Waals surface area contributed by atoms with Crippen LogP contribution in [0.4, 0.5) is 13.2 Å². The van der Waals surface area contributed by atoms with E-state index in [4.69, 9.17) is 16.7 Å². The van der Waals surface area contributed by atoms with E-state index >= 15 is 0 Å². The quantitative estimate of drug-likeness (QED) is 0.423. The van der Waals surface area contributed by atoms with Gasteiger partial charge in [0.1, 0.15) is 11.3 Å². The lowest BCUT2D eigenvalue weighted by atomic mass is 9.95. The monoisotopic (exact) mass is 471 g/mol. The third kappa shape index (κ3) is 6.02. The van der Waals surface area contributed by atoms with Crippen molar-refractivity contribution in [2.24, 2.45) is 5.92 Å². The largest absolute Gasteiger partial charge is 0.421 e. The number of aromatic amines is 1. The lowest BCUT2D eigenvalue weighted by Gasteiger charge is -2.14. The number of ketones is 1. The summed E-state index contributed by atoms with van der Waals surface area (Å²) >= 11 is 7.90. The van der Waals surface area contributed by atoms with Crippen molar-refractivity contribution in [3.63, 3.8) is 0 Å². The minimum absolute atomic E-state index is 0.0642. The Balaban J connectivity index is 2.01. The molecular formula is C22H21ClF3NO3S. The first kappa shape index (κ1) is 23.6. The molecule has 166 valence electrons. The number of benzene rings is 1. The Bertz CT molecular complexity index is 1050. The zero-order chi connectivity index (χ0) is 22.6. The molecule has 0 spiro atoms. The molecule has 2 N–H and O–H groups in total. The van der Waals surface area contributed by atoms with E-state index in [1.807, 2.05) is 6.08 Å². The van der Waals surface area contributed by atoms with Crippen LogP contribution in [0.25, 0.3) is 5.57 Å². The van der Waals surface area contributed by atoms with E-state index in [0.29, 0.717) is 47.6 Å². The van der Waals surface area contributed by atoms with Gasteiger partial charge in [-0.1, -0.05) is 23.7 Å². The number of Topliss-reactive ketones (excluding diaryl/α,β-unsaturated/α-hetero) is 1. The highest BCUT2D eigenvalue weighted by Gasteiger charge is 2.34. The second kappa shape index (κ2) is 10.1. The summed E-state index contributed by atoms with van der Waals surface area (Å²) in [5, 5.41) is 9.39. The van der Waals surface area contributed by atoms with E-state index in [-0.39, 0.29) is 24.0 Å². The van der Waals surface area contributed by atoms with Gasteiger partial charge >= 0.3 is 6.18 Å². The Morgan fingerprint density at radius 2 is 2.03 bits per heavy atom. The van der Waals surface area contributed by atoms with Crippen LogP contribution in [-0.2, 0) is 11.0 Å². The number of hydrogen-bond acceptors (Lipinski definition) is 4. The van der Waals surface area contributed by atoms with Crippen LogP contribution < -0.4 is 5.56 Å². The number of thioether (sulfide) groups is 1. The van der Waals surface area contributed by atoms with E-state index in [1.54, 1.807) is 18.2 Å². The molecule has 0 saturated heterocycles. The molecule has 31 heavy (non-hydrogen) atoms. The first-order valence-corrected chi connectivity index (χ1v) is 11.1. The predicted octanol–water partition coefficient (Wildman–Crippen LogP) is 5.32. The van der Waals surface area contributed by atoms with E-state index < -0.39 is 17.3 Å². The Labute approximate surface area is 186 Å². The summed E-state index contributed by atoms with van der Waals surface area (Å²) in [6.07, 6.45) is -0.832. The second-order valence-electron chi connectivity index (χ2n) is 7.31. The first-order valence-electron chi connectivity index (χ1n) is 9.77. The van der Waals surface area contributed by atoms with Gasteiger partial charge in [-0.3, -0.25) is 9.59 Å². The van der Waals surface area contributed by atoms with Crippen molar-refractivity contribution in [1.29, 1.82) is 0 Å². The SMILES string of the molecule is O=C1CC[C@H](/C=C(\c2ccc(SCCCO)c(Cl)c2)c2ccc(C(F)(F)F)c(=O)[nH]2)C1. The third-order valence-electron chi connectivity index (χ3n) is 4.99. The van der Waals surface area contributed by atoms with Crippen LogP contribution in [0.2, 0.25) is 5.02 Å². The van der Waals surface area contributed by atoms with Crippen LogP contribution >= 0.6 is 23.4 Å². The van der Waals surface area contributed by atoms with Gasteiger partial charge in [0.15, 0.2) is 0 Å². The molecule has 0 aliphatic heterocycles. The first-order chi connectivity index (χ1) is 14.7. The average Bonchev–Trinajstić information content (AvgIpc) is 3.11. The van der Waals surface area contributed by atoms with Gasteiger partial charge in [-0.05, 0) is 48.6 Å². The van der Waals surface area contributed by atoms with Gasteiger partial charge in [0, 0.05) is 41.4 Å². The summed E-state index contributed by atoms with van der Waals surface area (Å²) < 4.78 is 39.0. The fourth-order valence-corrected chi connectivity index (χ4v) is 4.65. The smallest absolute Gasteiger partial charge is 0.396 e. The van der Waals surface area contributed by atoms with E-state index in [0.717, 1.165) is 11.0 Å². The lowest BCUT2D eigenvalue weighted by molar-refractivity contribution is -0.138. The highest BCUT2D eigenvalue weighted by molar-refractivity contribution is 7.99. The summed E-state index contributed by atoms with van der Waals surface area (Å²) in [4.78, 5) is 26.9. The summed E-state index contributed by atoms with van der Waals surface area (Å²) in [7, 11) is 0. The maximum absolute atomic E-state index is 13.0. The van der Waals surface area contributed by atoms with Crippen molar-refractivity contribution in [2.75, 3.05) is 12.4 Å². The van der Waals surface area contributed by atoms with Gasteiger partial charge in [-0.25, -0.2) is 0 Å². The number of rotatable bonds is 7. The normalized spacial score (nSPS) is 17.4. The molecule has 1 aromatic heterocycles. The topological polar surface area (TPSA) is 70.2 Å². The van der Waals surface area contributed by atoms with E-state index in [1.165, 1.54) is 17.8 Å². The van der Waals surface area contributed by atoms with Crippen molar-refractivity contribution >= 4 is 34.7 Å². The fraction of sp³-hybridized carbons (Fsp3) is 0.364. The minimum Gasteiger partial charge on any atom is -0.396 e. The van der Waals surface area contributed by atoms with Crippen LogP contribution in [0.1, 0.15) is 42.5 Å². The zero-order valence-corrected chi connectivity index (χ0v) is 18.0. The van der Waals surface area contributed by atoms with Crippen LogP contribution in [-0.4, -0.2) is 28.2 Å². The molecule has 9 heteroatoms.